The van der Waals surface area contributed by atoms with Crippen LogP contribution in [0.1, 0.15) is 17.0 Å². The van der Waals surface area contributed by atoms with Crippen LogP contribution < -0.4 is 4.74 Å². The Morgan fingerprint density at radius 1 is 1.00 bits per heavy atom. The van der Waals surface area contributed by atoms with Crippen LogP contribution in [0.2, 0.25) is 0 Å². The number of hydrogen-bond acceptors (Lipinski definition) is 8. The fourth-order valence-corrected chi connectivity index (χ4v) is 4.38. The van der Waals surface area contributed by atoms with E-state index in [1.165, 1.54) is 18.2 Å². The van der Waals surface area contributed by atoms with Crippen LogP contribution in [0.25, 0.3) is 5.57 Å². The van der Waals surface area contributed by atoms with Crippen molar-refractivity contribution in [2.24, 2.45) is 0 Å². The highest BCUT2D eigenvalue weighted by molar-refractivity contribution is 8.24. The molecule has 1 aliphatic heterocycles. The van der Waals surface area contributed by atoms with Crippen molar-refractivity contribution >= 4 is 29.1 Å². The van der Waals surface area contributed by atoms with Crippen LogP contribution in [0.3, 0.4) is 0 Å². The maximum atomic E-state index is 12.6. The van der Waals surface area contributed by atoms with Crippen LogP contribution in [-0.2, 0) is 0 Å². The highest BCUT2D eigenvalue weighted by Gasteiger charge is 2.28. The number of nitriles is 3. The van der Waals surface area contributed by atoms with E-state index in [9.17, 15) is 14.0 Å². The summed E-state index contributed by atoms with van der Waals surface area (Å²) in [6, 6.07) is 11.5. The van der Waals surface area contributed by atoms with Crippen LogP contribution in [0.4, 0.5) is 8.78 Å². The molecule has 3 rings (SSSR count). The van der Waals surface area contributed by atoms with Crippen molar-refractivity contribution in [1.29, 1.82) is 15.8 Å². The van der Waals surface area contributed by atoms with Gasteiger partial charge in [-0.1, -0.05) is 35.7 Å². The molecule has 6 nitrogen and oxygen atoms in total. The van der Waals surface area contributed by atoms with Gasteiger partial charge >= 0.3 is 6.61 Å². The Hall–Kier alpha value is -3.13. The molecule has 10 heteroatoms. The Balaban J connectivity index is 2.07. The Bertz CT molecular complexity index is 1010. The molecule has 0 unspecified atom stereocenters. The normalized spacial score (nSPS) is 12.1. The quantitative estimate of drug-likeness (QED) is 0.732. The van der Waals surface area contributed by atoms with Crippen molar-refractivity contribution in [3.05, 3.63) is 45.5 Å². The Labute approximate surface area is 154 Å². The number of alkyl halides is 2. The fraction of sp³-hybridized carbons (Fsp3) is 0.0625. The SMILES string of the molecule is N#CC(=C1Sc2nc(C#N)c(C#N)nc2S1)c1ccccc1OC(F)F. The van der Waals surface area contributed by atoms with Crippen molar-refractivity contribution < 1.29 is 13.5 Å². The lowest BCUT2D eigenvalue weighted by Crippen LogP contribution is -2.04. The number of para-hydroxylation sites is 1. The minimum absolute atomic E-state index is 0.111. The van der Waals surface area contributed by atoms with Crippen LogP contribution in [0.15, 0.2) is 38.6 Å². The summed E-state index contributed by atoms with van der Waals surface area (Å²) in [5, 5.41) is 28.4. The number of fused-ring (bicyclic) bond motifs is 1. The van der Waals surface area contributed by atoms with Crippen molar-refractivity contribution in [3.8, 4) is 24.0 Å². The third-order valence-electron chi connectivity index (χ3n) is 3.11. The van der Waals surface area contributed by atoms with E-state index in [0.717, 1.165) is 23.5 Å². The molecular formula is C16H5F2N5OS2. The second-order valence-electron chi connectivity index (χ2n) is 4.61. The number of nitrogens with zero attached hydrogens (tertiary/aromatic N) is 5. The van der Waals surface area contributed by atoms with Crippen LogP contribution in [0, 0.1) is 34.0 Å². The number of hydrogen-bond donors (Lipinski definition) is 0. The van der Waals surface area contributed by atoms with Gasteiger partial charge in [0, 0.05) is 5.56 Å². The monoisotopic (exact) mass is 385 g/mol. The number of ether oxygens (including phenoxy) is 1. The van der Waals surface area contributed by atoms with Crippen LogP contribution in [-0.4, -0.2) is 16.6 Å². The Morgan fingerprint density at radius 2 is 1.58 bits per heavy atom. The molecule has 0 spiro atoms. The molecule has 126 valence electrons. The summed E-state index contributed by atoms with van der Waals surface area (Å²) in [5.41, 5.74) is 0.105. The van der Waals surface area contributed by atoms with Gasteiger partial charge in [-0.05, 0) is 12.1 Å². The summed E-state index contributed by atoms with van der Waals surface area (Å²) in [5.74, 6) is -0.125. The summed E-state index contributed by atoms with van der Waals surface area (Å²) in [6.45, 7) is -3.03. The maximum absolute atomic E-state index is 12.6. The summed E-state index contributed by atoms with van der Waals surface area (Å²) in [7, 11) is 0. The van der Waals surface area contributed by atoms with E-state index in [0.29, 0.717) is 14.3 Å². The van der Waals surface area contributed by atoms with Crippen LogP contribution in [0.5, 0.6) is 5.75 Å². The first-order valence-electron chi connectivity index (χ1n) is 6.84. The summed E-state index contributed by atoms with van der Waals surface area (Å²) in [4.78, 5) is 8.15. The number of allylic oxidation sites excluding steroid dienone is 1. The first-order chi connectivity index (χ1) is 12.6. The number of thioether (sulfide) groups is 2. The number of halogens is 2. The van der Waals surface area contributed by atoms with Crippen molar-refractivity contribution in [1.82, 2.24) is 9.97 Å². The lowest BCUT2D eigenvalue weighted by Gasteiger charge is -2.10. The molecule has 0 bridgehead atoms. The summed E-state index contributed by atoms with van der Waals surface area (Å²) in [6.07, 6.45) is 0. The average molecular weight is 385 g/mol. The smallest absolute Gasteiger partial charge is 0.387 e. The van der Waals surface area contributed by atoms with Gasteiger partial charge in [0.2, 0.25) is 0 Å². The van der Waals surface area contributed by atoms with E-state index < -0.39 is 6.61 Å². The molecule has 0 saturated carbocycles. The molecular weight excluding hydrogens is 380 g/mol. The van der Waals surface area contributed by atoms with E-state index in [1.54, 1.807) is 18.2 Å². The molecule has 1 aliphatic rings. The molecule has 0 fully saturated rings. The molecule has 0 saturated heterocycles. The summed E-state index contributed by atoms with van der Waals surface area (Å²) >= 11 is 2.17. The maximum Gasteiger partial charge on any atom is 0.387 e. The Kier molecular flexibility index (Phi) is 5.04. The number of aromatic nitrogens is 2. The highest BCUT2D eigenvalue weighted by atomic mass is 32.2. The first kappa shape index (κ1) is 17.7. The van der Waals surface area contributed by atoms with Gasteiger partial charge in [-0.25, -0.2) is 9.97 Å². The topological polar surface area (TPSA) is 106 Å². The lowest BCUT2D eigenvalue weighted by molar-refractivity contribution is -0.0500. The van der Waals surface area contributed by atoms with Gasteiger partial charge in [-0.3, -0.25) is 0 Å². The second kappa shape index (κ2) is 7.40. The molecule has 0 N–H and O–H groups in total. The first-order valence-corrected chi connectivity index (χ1v) is 8.47. The lowest BCUT2D eigenvalue weighted by atomic mass is 10.1. The zero-order valence-electron chi connectivity index (χ0n) is 12.6. The zero-order valence-corrected chi connectivity index (χ0v) is 14.2. The number of benzene rings is 1. The Morgan fingerprint density at radius 3 is 2.08 bits per heavy atom. The third-order valence-corrected chi connectivity index (χ3v) is 5.48. The van der Waals surface area contributed by atoms with Gasteiger partial charge in [0.25, 0.3) is 0 Å². The third kappa shape index (κ3) is 3.31. The van der Waals surface area contributed by atoms with Gasteiger partial charge < -0.3 is 4.74 Å². The van der Waals surface area contributed by atoms with E-state index in [2.05, 4.69) is 14.7 Å². The summed E-state index contributed by atoms with van der Waals surface area (Å²) < 4.78 is 30.2. The average Bonchev–Trinajstić information content (AvgIpc) is 3.04. The van der Waals surface area contributed by atoms with E-state index in [4.69, 9.17) is 10.5 Å². The minimum atomic E-state index is -3.03. The molecule has 0 aliphatic carbocycles. The van der Waals surface area contributed by atoms with Crippen molar-refractivity contribution in [2.45, 2.75) is 16.7 Å². The van der Waals surface area contributed by atoms with Gasteiger partial charge in [0.15, 0.2) is 11.4 Å². The molecule has 26 heavy (non-hydrogen) atoms. The van der Waals surface area contributed by atoms with E-state index in [-0.39, 0.29) is 28.3 Å². The van der Waals surface area contributed by atoms with E-state index >= 15 is 0 Å². The van der Waals surface area contributed by atoms with Gasteiger partial charge in [0.1, 0.15) is 34.0 Å². The van der Waals surface area contributed by atoms with E-state index in [1.807, 2.05) is 6.07 Å². The highest BCUT2D eigenvalue weighted by Crippen LogP contribution is 2.52. The van der Waals surface area contributed by atoms with Crippen molar-refractivity contribution in [3.63, 3.8) is 0 Å². The minimum Gasteiger partial charge on any atom is -0.434 e. The second-order valence-corrected chi connectivity index (χ2v) is 6.86. The van der Waals surface area contributed by atoms with Gasteiger partial charge in [-0.2, -0.15) is 24.6 Å². The molecule has 2 heterocycles. The molecule has 0 radical (unpaired) electrons. The predicted octanol–water partition coefficient (Wildman–Crippen LogP) is 3.91. The van der Waals surface area contributed by atoms with Crippen LogP contribution >= 0.6 is 23.5 Å². The zero-order chi connectivity index (χ0) is 18.7. The molecule has 1 aromatic carbocycles. The number of rotatable bonds is 3. The predicted molar refractivity (Wildman–Crippen MR) is 88.8 cm³/mol. The van der Waals surface area contributed by atoms with Gasteiger partial charge in [0.05, 0.1) is 9.81 Å². The standard InChI is InChI=1S/C16H5F2N5OS2/c17-16(18)24-12-4-2-1-3-8(12)9(5-19)15-25-13-14(26-15)23-11(7-21)10(6-20)22-13/h1-4,16H. The molecule has 1 aromatic heterocycles. The molecule has 0 atom stereocenters. The fourth-order valence-electron chi connectivity index (χ4n) is 2.08. The molecule has 2 aromatic rings. The van der Waals surface area contributed by atoms with Gasteiger partial charge in [-0.15, -0.1) is 0 Å². The van der Waals surface area contributed by atoms with Crippen molar-refractivity contribution in [2.75, 3.05) is 0 Å². The molecule has 0 amide bonds. The largest absolute Gasteiger partial charge is 0.434 e.